The first kappa shape index (κ1) is 20.0. The quantitative estimate of drug-likeness (QED) is 0.318. The molecule has 0 N–H and O–H groups in total. The van der Waals surface area contributed by atoms with E-state index in [0.29, 0.717) is 37.2 Å². The maximum atomic E-state index is 12.3. The summed E-state index contributed by atoms with van der Waals surface area (Å²) < 4.78 is 10.9. The van der Waals surface area contributed by atoms with E-state index in [1.165, 1.54) is 0 Å². The van der Waals surface area contributed by atoms with Gasteiger partial charge in [-0.05, 0) is 71.6 Å². The molecule has 0 spiro atoms. The molecule has 0 unspecified atom stereocenters. The Morgan fingerprint density at radius 1 is 0.885 bits per heavy atom. The standard InChI is InChI=1S/C22H28O4/c1-15(2)5-8-17(4)25-21(23)18-9-11-19(12-10-18)22(24)26-20-13-6-16(3)7-14-20/h5-8,13-14,18-19H,9-12H2,1-4H3/b17-8+/t18-,19-. The third-order valence-corrected chi connectivity index (χ3v) is 4.55. The number of allylic oxidation sites excluding steroid dienone is 4. The Morgan fingerprint density at radius 3 is 1.96 bits per heavy atom. The van der Waals surface area contributed by atoms with Crippen LogP contribution in [0.25, 0.3) is 0 Å². The highest BCUT2D eigenvalue weighted by Gasteiger charge is 2.32. The fraction of sp³-hybridized carbons (Fsp3) is 0.455. The Bertz CT molecular complexity index is 685. The van der Waals surface area contributed by atoms with Crippen LogP contribution in [0.5, 0.6) is 5.75 Å². The fourth-order valence-corrected chi connectivity index (χ4v) is 2.93. The van der Waals surface area contributed by atoms with E-state index < -0.39 is 0 Å². The van der Waals surface area contributed by atoms with Gasteiger partial charge >= 0.3 is 11.9 Å². The lowest BCUT2D eigenvalue weighted by Gasteiger charge is -2.25. The number of rotatable bonds is 5. The largest absolute Gasteiger partial charge is 0.431 e. The van der Waals surface area contributed by atoms with Crippen molar-refractivity contribution >= 4 is 11.9 Å². The lowest BCUT2D eigenvalue weighted by molar-refractivity contribution is -0.148. The molecule has 26 heavy (non-hydrogen) atoms. The van der Waals surface area contributed by atoms with Gasteiger partial charge in [-0.2, -0.15) is 0 Å². The molecule has 0 bridgehead atoms. The molecule has 4 heteroatoms. The predicted octanol–water partition coefficient (Wildman–Crippen LogP) is 5.12. The Hall–Kier alpha value is -2.36. The molecule has 0 aliphatic heterocycles. The Kier molecular flexibility index (Phi) is 7.19. The Labute approximate surface area is 155 Å². The molecule has 1 aliphatic rings. The van der Waals surface area contributed by atoms with Crippen molar-refractivity contribution < 1.29 is 19.1 Å². The van der Waals surface area contributed by atoms with Gasteiger partial charge in [-0.15, -0.1) is 0 Å². The number of ether oxygens (including phenoxy) is 2. The van der Waals surface area contributed by atoms with Crippen LogP contribution in [0.15, 0.2) is 47.7 Å². The average molecular weight is 356 g/mol. The van der Waals surface area contributed by atoms with Gasteiger partial charge in [-0.3, -0.25) is 9.59 Å². The van der Waals surface area contributed by atoms with E-state index in [9.17, 15) is 9.59 Å². The molecule has 0 heterocycles. The van der Waals surface area contributed by atoms with Crippen molar-refractivity contribution in [2.24, 2.45) is 11.8 Å². The predicted molar refractivity (Wildman–Crippen MR) is 102 cm³/mol. The lowest BCUT2D eigenvalue weighted by atomic mass is 9.82. The van der Waals surface area contributed by atoms with Crippen molar-refractivity contribution in [2.45, 2.75) is 53.4 Å². The highest BCUT2D eigenvalue weighted by atomic mass is 16.5. The van der Waals surface area contributed by atoms with E-state index in [0.717, 1.165) is 11.1 Å². The number of hydrogen-bond acceptors (Lipinski definition) is 4. The van der Waals surface area contributed by atoms with Crippen molar-refractivity contribution in [2.75, 3.05) is 0 Å². The summed E-state index contributed by atoms with van der Waals surface area (Å²) in [6.45, 7) is 7.75. The van der Waals surface area contributed by atoms with Crippen molar-refractivity contribution in [1.82, 2.24) is 0 Å². The summed E-state index contributed by atoms with van der Waals surface area (Å²) >= 11 is 0. The molecule has 4 nitrogen and oxygen atoms in total. The van der Waals surface area contributed by atoms with Gasteiger partial charge in [0, 0.05) is 0 Å². The minimum Gasteiger partial charge on any atom is -0.431 e. The average Bonchev–Trinajstić information content (AvgIpc) is 2.62. The highest BCUT2D eigenvalue weighted by Crippen LogP contribution is 2.31. The van der Waals surface area contributed by atoms with E-state index in [-0.39, 0.29) is 23.8 Å². The van der Waals surface area contributed by atoms with E-state index in [1.54, 1.807) is 25.1 Å². The molecule has 1 aliphatic carbocycles. The van der Waals surface area contributed by atoms with Gasteiger partial charge in [-0.25, -0.2) is 0 Å². The van der Waals surface area contributed by atoms with Gasteiger partial charge in [0.1, 0.15) is 11.5 Å². The molecule has 0 atom stereocenters. The second-order valence-electron chi connectivity index (χ2n) is 7.23. The maximum Gasteiger partial charge on any atom is 0.314 e. The van der Waals surface area contributed by atoms with Gasteiger partial charge in [0.25, 0.3) is 0 Å². The summed E-state index contributed by atoms with van der Waals surface area (Å²) in [5.74, 6) is 0.460. The normalized spacial score (nSPS) is 20.2. The first-order valence-corrected chi connectivity index (χ1v) is 9.17. The lowest BCUT2D eigenvalue weighted by Crippen LogP contribution is -2.29. The second-order valence-corrected chi connectivity index (χ2v) is 7.23. The van der Waals surface area contributed by atoms with Crippen LogP contribution < -0.4 is 4.74 Å². The molecule has 0 amide bonds. The molecule has 2 rings (SSSR count). The van der Waals surface area contributed by atoms with Crippen LogP contribution >= 0.6 is 0 Å². The minimum atomic E-state index is -0.208. The van der Waals surface area contributed by atoms with Crippen molar-refractivity contribution in [3.63, 3.8) is 0 Å². The molecular weight excluding hydrogens is 328 g/mol. The monoisotopic (exact) mass is 356 g/mol. The van der Waals surface area contributed by atoms with Crippen LogP contribution in [0.2, 0.25) is 0 Å². The molecular formula is C22H28O4. The van der Waals surface area contributed by atoms with E-state index in [2.05, 4.69) is 0 Å². The van der Waals surface area contributed by atoms with Gasteiger partial charge in [0.2, 0.25) is 0 Å². The molecule has 1 fully saturated rings. The van der Waals surface area contributed by atoms with Gasteiger partial charge in [0.15, 0.2) is 0 Å². The fourth-order valence-electron chi connectivity index (χ4n) is 2.93. The number of esters is 2. The molecule has 0 radical (unpaired) electrons. The minimum absolute atomic E-state index is 0.145. The topological polar surface area (TPSA) is 52.6 Å². The SMILES string of the molecule is CC(C)=C/C=C(\C)OC(=O)[C@H]1CC[C@H](C(=O)Oc2ccc(C)cc2)CC1. The zero-order valence-corrected chi connectivity index (χ0v) is 16.1. The molecule has 0 saturated heterocycles. The van der Waals surface area contributed by atoms with Crippen molar-refractivity contribution in [1.29, 1.82) is 0 Å². The third kappa shape index (κ3) is 6.17. The van der Waals surface area contributed by atoms with Crippen molar-refractivity contribution in [3.05, 3.63) is 53.3 Å². The van der Waals surface area contributed by atoms with Crippen LogP contribution in [0.1, 0.15) is 52.0 Å². The zero-order chi connectivity index (χ0) is 19.1. The Morgan fingerprint density at radius 2 is 1.42 bits per heavy atom. The van der Waals surface area contributed by atoms with Crippen LogP contribution in [-0.2, 0) is 14.3 Å². The maximum absolute atomic E-state index is 12.3. The molecule has 140 valence electrons. The van der Waals surface area contributed by atoms with Crippen molar-refractivity contribution in [3.8, 4) is 5.75 Å². The number of hydrogen-bond donors (Lipinski definition) is 0. The molecule has 1 saturated carbocycles. The third-order valence-electron chi connectivity index (χ3n) is 4.55. The van der Waals surface area contributed by atoms with Crippen LogP contribution in [0.3, 0.4) is 0 Å². The van der Waals surface area contributed by atoms with E-state index >= 15 is 0 Å². The van der Waals surface area contributed by atoms with E-state index in [4.69, 9.17) is 9.47 Å². The summed E-state index contributed by atoms with van der Waals surface area (Å²) in [7, 11) is 0. The summed E-state index contributed by atoms with van der Waals surface area (Å²) in [4.78, 5) is 24.6. The molecule has 1 aromatic carbocycles. The molecule has 0 aromatic heterocycles. The van der Waals surface area contributed by atoms with Crippen LogP contribution in [-0.4, -0.2) is 11.9 Å². The zero-order valence-electron chi connectivity index (χ0n) is 16.1. The summed E-state index contributed by atoms with van der Waals surface area (Å²) in [6.07, 6.45) is 6.34. The first-order chi connectivity index (χ1) is 12.3. The molecule has 1 aromatic rings. The van der Waals surface area contributed by atoms with Gasteiger partial charge in [-0.1, -0.05) is 29.3 Å². The van der Waals surface area contributed by atoms with E-state index in [1.807, 2.05) is 39.0 Å². The highest BCUT2D eigenvalue weighted by molar-refractivity contribution is 5.77. The second kappa shape index (κ2) is 9.37. The smallest absolute Gasteiger partial charge is 0.314 e. The van der Waals surface area contributed by atoms with Gasteiger partial charge in [0.05, 0.1) is 11.8 Å². The summed E-state index contributed by atoms with van der Waals surface area (Å²) in [6, 6.07) is 7.44. The number of aryl methyl sites for hydroxylation is 1. The first-order valence-electron chi connectivity index (χ1n) is 9.17. The number of carbonyl (C=O) groups excluding carboxylic acids is 2. The van der Waals surface area contributed by atoms with Crippen LogP contribution in [0.4, 0.5) is 0 Å². The summed E-state index contributed by atoms with van der Waals surface area (Å²) in [5, 5.41) is 0. The number of benzene rings is 1. The Balaban J connectivity index is 1.81. The number of carbonyl (C=O) groups is 2. The summed E-state index contributed by atoms with van der Waals surface area (Å²) in [5.41, 5.74) is 2.27. The van der Waals surface area contributed by atoms with Crippen LogP contribution in [0, 0.1) is 18.8 Å². The van der Waals surface area contributed by atoms with Gasteiger partial charge < -0.3 is 9.47 Å².